The molecule has 5 rings (SSSR count). The third-order valence-corrected chi connectivity index (χ3v) is 7.33. The minimum Gasteiger partial charge on any atom is -0.294 e. The molecule has 4 aromatic carbocycles. The van der Waals surface area contributed by atoms with Crippen LogP contribution in [-0.2, 0) is 0 Å². The standard InChI is InChI=1S/C31H23BrO3/c32-23-17-15-22(16-18-23)31(35)28-25-14-8-7-13-24(25)26(19-27(33)20-9-3-1-4-10-20)29(28)30(34)21-11-5-2-6-12-21/h1-18,26,28-29H,19H2/t26-,28-,29-/m1/s1. The highest BCUT2D eigenvalue weighted by atomic mass is 79.9. The van der Waals surface area contributed by atoms with Crippen LogP contribution in [0.1, 0.15) is 60.5 Å². The van der Waals surface area contributed by atoms with Gasteiger partial charge in [-0.15, -0.1) is 0 Å². The fourth-order valence-corrected chi connectivity index (χ4v) is 5.42. The Labute approximate surface area is 213 Å². The molecule has 0 N–H and O–H groups in total. The van der Waals surface area contributed by atoms with Crippen LogP contribution in [0.15, 0.2) is 114 Å². The Morgan fingerprint density at radius 2 is 1.09 bits per heavy atom. The Balaban J connectivity index is 1.61. The third-order valence-electron chi connectivity index (χ3n) is 6.80. The molecule has 4 heteroatoms. The fraction of sp³-hybridized carbons (Fsp3) is 0.129. The second-order valence-corrected chi connectivity index (χ2v) is 9.75. The van der Waals surface area contributed by atoms with E-state index in [1.807, 2.05) is 72.8 Å². The highest BCUT2D eigenvalue weighted by Crippen LogP contribution is 2.51. The molecular formula is C31H23BrO3. The zero-order chi connectivity index (χ0) is 24.4. The van der Waals surface area contributed by atoms with Crippen molar-refractivity contribution in [2.75, 3.05) is 0 Å². The SMILES string of the molecule is O=C(C[C@@H]1c2ccccc2[C@@H](C(=O)c2ccc(Br)cc2)[C@@H]1C(=O)c1ccccc1)c1ccccc1. The normalized spacial score (nSPS) is 18.6. The molecule has 172 valence electrons. The van der Waals surface area contributed by atoms with Crippen molar-refractivity contribution in [3.8, 4) is 0 Å². The molecule has 0 aromatic heterocycles. The average Bonchev–Trinajstić information content (AvgIpc) is 3.23. The molecule has 3 nitrogen and oxygen atoms in total. The van der Waals surface area contributed by atoms with Crippen molar-refractivity contribution in [2.24, 2.45) is 5.92 Å². The van der Waals surface area contributed by atoms with Gasteiger partial charge in [0.1, 0.15) is 0 Å². The molecule has 0 fully saturated rings. The first-order valence-corrected chi connectivity index (χ1v) is 12.4. The van der Waals surface area contributed by atoms with Crippen LogP contribution in [0.4, 0.5) is 0 Å². The number of rotatable bonds is 7. The van der Waals surface area contributed by atoms with E-state index in [9.17, 15) is 14.4 Å². The van der Waals surface area contributed by atoms with Crippen molar-refractivity contribution in [1.29, 1.82) is 0 Å². The predicted octanol–water partition coefficient (Wildman–Crippen LogP) is 7.28. The van der Waals surface area contributed by atoms with Gasteiger partial charge >= 0.3 is 0 Å². The second-order valence-electron chi connectivity index (χ2n) is 8.83. The van der Waals surface area contributed by atoms with Crippen molar-refractivity contribution < 1.29 is 14.4 Å². The second kappa shape index (κ2) is 9.93. The Hall–Kier alpha value is -3.63. The lowest BCUT2D eigenvalue weighted by Gasteiger charge is -2.24. The van der Waals surface area contributed by atoms with Gasteiger partial charge in [0.2, 0.25) is 0 Å². The first-order valence-electron chi connectivity index (χ1n) is 11.6. The molecule has 0 saturated heterocycles. The lowest BCUT2D eigenvalue weighted by Crippen LogP contribution is -2.29. The molecule has 0 radical (unpaired) electrons. The molecule has 0 bridgehead atoms. The summed E-state index contributed by atoms with van der Waals surface area (Å²) in [7, 11) is 0. The molecular weight excluding hydrogens is 500 g/mol. The predicted molar refractivity (Wildman–Crippen MR) is 140 cm³/mol. The van der Waals surface area contributed by atoms with Gasteiger partial charge < -0.3 is 0 Å². The molecule has 0 amide bonds. The monoisotopic (exact) mass is 522 g/mol. The molecule has 1 aliphatic rings. The van der Waals surface area contributed by atoms with Gasteiger partial charge in [-0.1, -0.05) is 113 Å². The van der Waals surface area contributed by atoms with E-state index < -0.39 is 17.8 Å². The molecule has 0 unspecified atom stereocenters. The van der Waals surface area contributed by atoms with Crippen molar-refractivity contribution in [3.05, 3.63) is 141 Å². The number of halogens is 1. The number of benzene rings is 4. The summed E-state index contributed by atoms with van der Waals surface area (Å²) < 4.78 is 0.879. The van der Waals surface area contributed by atoms with Crippen LogP contribution in [0.25, 0.3) is 0 Å². The van der Waals surface area contributed by atoms with Gasteiger partial charge in [-0.3, -0.25) is 14.4 Å². The molecule has 1 aliphatic carbocycles. The minimum atomic E-state index is -0.668. The lowest BCUT2D eigenvalue weighted by atomic mass is 9.76. The van der Waals surface area contributed by atoms with Crippen LogP contribution in [0, 0.1) is 5.92 Å². The Morgan fingerprint density at radius 3 is 1.71 bits per heavy atom. The van der Waals surface area contributed by atoms with E-state index in [4.69, 9.17) is 0 Å². The maximum absolute atomic E-state index is 14.0. The molecule has 4 aromatic rings. The number of fused-ring (bicyclic) bond motifs is 1. The topological polar surface area (TPSA) is 51.2 Å². The Morgan fingerprint density at radius 1 is 0.571 bits per heavy atom. The van der Waals surface area contributed by atoms with E-state index in [1.165, 1.54) is 0 Å². The Bertz CT molecular complexity index is 1380. The number of ketones is 3. The molecule has 3 atom stereocenters. The third kappa shape index (κ3) is 4.54. The Kier molecular flexibility index (Phi) is 6.56. The highest BCUT2D eigenvalue weighted by molar-refractivity contribution is 9.10. The molecule has 0 saturated carbocycles. The van der Waals surface area contributed by atoms with E-state index in [0.29, 0.717) is 16.7 Å². The van der Waals surface area contributed by atoms with E-state index in [2.05, 4.69) is 15.9 Å². The van der Waals surface area contributed by atoms with Crippen LogP contribution >= 0.6 is 15.9 Å². The maximum atomic E-state index is 14.0. The first-order chi connectivity index (χ1) is 17.0. The first kappa shape index (κ1) is 23.1. The van der Waals surface area contributed by atoms with Gasteiger partial charge in [0.15, 0.2) is 17.3 Å². The van der Waals surface area contributed by atoms with Crippen LogP contribution < -0.4 is 0 Å². The van der Waals surface area contributed by atoms with Gasteiger partial charge in [0.25, 0.3) is 0 Å². The lowest BCUT2D eigenvalue weighted by molar-refractivity contribution is 0.0799. The number of carbonyl (C=O) groups is 3. The van der Waals surface area contributed by atoms with Crippen LogP contribution in [0.5, 0.6) is 0 Å². The quantitative estimate of drug-likeness (QED) is 0.239. The average molecular weight is 523 g/mol. The van der Waals surface area contributed by atoms with Crippen molar-refractivity contribution in [1.82, 2.24) is 0 Å². The van der Waals surface area contributed by atoms with Crippen LogP contribution in [-0.4, -0.2) is 17.3 Å². The summed E-state index contributed by atoms with van der Waals surface area (Å²) >= 11 is 3.43. The summed E-state index contributed by atoms with van der Waals surface area (Å²) in [6.07, 6.45) is 0.161. The summed E-state index contributed by atoms with van der Waals surface area (Å²) in [5, 5.41) is 0. The van der Waals surface area contributed by atoms with Crippen molar-refractivity contribution in [3.63, 3.8) is 0 Å². The van der Waals surface area contributed by atoms with Crippen LogP contribution in [0.3, 0.4) is 0 Å². The molecule has 35 heavy (non-hydrogen) atoms. The van der Waals surface area contributed by atoms with Gasteiger partial charge in [0.05, 0.1) is 5.92 Å². The van der Waals surface area contributed by atoms with Crippen LogP contribution in [0.2, 0.25) is 0 Å². The summed E-state index contributed by atoms with van der Waals surface area (Å²) in [5.74, 6) is -1.96. The van der Waals surface area contributed by atoms with Crippen molar-refractivity contribution >= 4 is 33.3 Å². The largest absolute Gasteiger partial charge is 0.294 e. The zero-order valence-electron chi connectivity index (χ0n) is 18.9. The smallest absolute Gasteiger partial charge is 0.171 e. The zero-order valence-corrected chi connectivity index (χ0v) is 20.5. The minimum absolute atomic E-state index is 0.0343. The highest BCUT2D eigenvalue weighted by Gasteiger charge is 2.48. The molecule has 0 heterocycles. The van der Waals surface area contributed by atoms with Gasteiger partial charge in [0, 0.05) is 39.4 Å². The van der Waals surface area contributed by atoms with Gasteiger partial charge in [-0.2, -0.15) is 0 Å². The summed E-state index contributed by atoms with van der Waals surface area (Å²) in [5.41, 5.74) is 3.45. The summed E-state index contributed by atoms with van der Waals surface area (Å²) in [6, 6.07) is 33.1. The molecule has 0 spiro atoms. The van der Waals surface area contributed by atoms with Gasteiger partial charge in [-0.25, -0.2) is 0 Å². The van der Waals surface area contributed by atoms with E-state index in [0.717, 1.165) is 15.6 Å². The van der Waals surface area contributed by atoms with E-state index >= 15 is 0 Å². The molecule has 0 aliphatic heterocycles. The van der Waals surface area contributed by atoms with E-state index in [-0.39, 0.29) is 23.8 Å². The fourth-order valence-electron chi connectivity index (χ4n) is 5.16. The maximum Gasteiger partial charge on any atom is 0.171 e. The number of Topliss-reactive ketones (excluding diaryl/α,β-unsaturated/α-hetero) is 3. The van der Waals surface area contributed by atoms with Crippen molar-refractivity contribution in [2.45, 2.75) is 18.3 Å². The van der Waals surface area contributed by atoms with E-state index in [1.54, 1.807) is 36.4 Å². The summed E-state index contributed by atoms with van der Waals surface area (Å²) in [4.78, 5) is 41.2. The van der Waals surface area contributed by atoms with Gasteiger partial charge in [-0.05, 0) is 23.3 Å². The summed E-state index contributed by atoms with van der Waals surface area (Å²) in [6.45, 7) is 0. The number of hydrogen-bond donors (Lipinski definition) is 0. The number of carbonyl (C=O) groups excluding carboxylic acids is 3. The number of hydrogen-bond acceptors (Lipinski definition) is 3.